The molecule has 0 saturated heterocycles. The van der Waals surface area contributed by atoms with E-state index >= 15 is 0 Å². The summed E-state index contributed by atoms with van der Waals surface area (Å²) in [4.78, 5) is 35.3. The monoisotopic (exact) mass is 410 g/mol. The van der Waals surface area contributed by atoms with Crippen molar-refractivity contribution in [3.63, 3.8) is 0 Å². The average Bonchev–Trinajstić information content (AvgIpc) is 2.67. The predicted molar refractivity (Wildman–Crippen MR) is 101 cm³/mol. The molecule has 1 aliphatic rings. The summed E-state index contributed by atoms with van der Waals surface area (Å²) in [5.41, 5.74) is 0.550. The summed E-state index contributed by atoms with van der Waals surface area (Å²) in [5.74, 6) is -1.17. The lowest BCUT2D eigenvalue weighted by Gasteiger charge is -2.29. The smallest absolute Gasteiger partial charge is 0.387 e. The molecule has 29 heavy (non-hydrogen) atoms. The number of carbonyl (C=O) groups excluding carboxylic acids is 3. The molecule has 1 saturated carbocycles. The lowest BCUT2D eigenvalue weighted by molar-refractivity contribution is -0.143. The van der Waals surface area contributed by atoms with E-state index in [-0.39, 0.29) is 11.8 Å². The van der Waals surface area contributed by atoms with Crippen molar-refractivity contribution < 1.29 is 32.6 Å². The molecular formula is C20H24F2N2O5. The lowest BCUT2D eigenvalue weighted by atomic mass is 9.86. The third kappa shape index (κ3) is 8.28. The number of hydrogen-bond acceptors (Lipinski definition) is 5. The molecule has 2 rings (SSSR count). The van der Waals surface area contributed by atoms with Gasteiger partial charge in [0.2, 0.25) is 0 Å². The highest BCUT2D eigenvalue weighted by Crippen LogP contribution is 2.23. The fraction of sp³-hybridized carbons (Fsp3) is 0.450. The summed E-state index contributed by atoms with van der Waals surface area (Å²) in [6.07, 6.45) is 6.55. The van der Waals surface area contributed by atoms with Crippen molar-refractivity contribution in [1.29, 1.82) is 0 Å². The summed E-state index contributed by atoms with van der Waals surface area (Å²) in [7, 11) is 0. The van der Waals surface area contributed by atoms with Crippen LogP contribution in [-0.2, 0) is 14.3 Å². The molecule has 2 N–H and O–H groups in total. The van der Waals surface area contributed by atoms with Crippen molar-refractivity contribution >= 4 is 24.0 Å². The topological polar surface area (TPSA) is 93.7 Å². The van der Waals surface area contributed by atoms with Crippen LogP contribution >= 0.6 is 0 Å². The first-order valence-electron chi connectivity index (χ1n) is 9.33. The molecule has 0 aromatic heterocycles. The highest BCUT2D eigenvalue weighted by molar-refractivity contribution is 5.96. The molecule has 0 radical (unpaired) electrons. The van der Waals surface area contributed by atoms with Crippen molar-refractivity contribution in [2.24, 2.45) is 5.92 Å². The Kier molecular flexibility index (Phi) is 8.57. The van der Waals surface area contributed by atoms with Crippen LogP contribution in [0.2, 0.25) is 0 Å². The van der Waals surface area contributed by atoms with Crippen LogP contribution in [0.5, 0.6) is 5.75 Å². The first-order valence-corrected chi connectivity index (χ1v) is 9.33. The summed E-state index contributed by atoms with van der Waals surface area (Å²) in [6, 6.07) is 5.04. The van der Waals surface area contributed by atoms with Gasteiger partial charge in [-0.25, -0.2) is 9.59 Å². The fourth-order valence-corrected chi connectivity index (χ4v) is 3.01. The molecule has 7 nitrogen and oxygen atoms in total. The van der Waals surface area contributed by atoms with E-state index in [1.54, 1.807) is 0 Å². The highest BCUT2D eigenvalue weighted by atomic mass is 19.3. The third-order valence-electron chi connectivity index (χ3n) is 4.54. The number of esters is 1. The van der Waals surface area contributed by atoms with Gasteiger partial charge in [-0.1, -0.05) is 31.9 Å². The van der Waals surface area contributed by atoms with Gasteiger partial charge in [-0.05, 0) is 42.5 Å². The number of imide groups is 1. The van der Waals surface area contributed by atoms with Gasteiger partial charge in [0, 0.05) is 12.1 Å². The van der Waals surface area contributed by atoms with Crippen LogP contribution in [0.1, 0.15) is 38.2 Å². The Hall–Kier alpha value is -2.97. The molecule has 0 bridgehead atoms. The van der Waals surface area contributed by atoms with Crippen LogP contribution in [0.25, 0.3) is 6.08 Å². The van der Waals surface area contributed by atoms with E-state index in [9.17, 15) is 23.2 Å². The van der Waals surface area contributed by atoms with Gasteiger partial charge in [-0.3, -0.25) is 10.1 Å². The van der Waals surface area contributed by atoms with Crippen molar-refractivity contribution in [3.05, 3.63) is 35.9 Å². The van der Waals surface area contributed by atoms with Crippen molar-refractivity contribution in [2.75, 3.05) is 6.61 Å². The fourth-order valence-electron chi connectivity index (χ4n) is 3.01. The van der Waals surface area contributed by atoms with E-state index in [0.717, 1.165) is 31.8 Å². The van der Waals surface area contributed by atoms with E-state index < -0.39 is 31.1 Å². The average molecular weight is 410 g/mol. The Labute approximate surface area is 167 Å². The number of rotatable bonds is 7. The maximum atomic E-state index is 12.1. The van der Waals surface area contributed by atoms with E-state index in [1.165, 1.54) is 30.3 Å². The number of nitrogens with one attached hydrogen (secondary N) is 2. The Morgan fingerprint density at radius 1 is 1.17 bits per heavy atom. The number of halogens is 2. The zero-order chi connectivity index (χ0) is 21.2. The van der Waals surface area contributed by atoms with Gasteiger partial charge in [0.05, 0.1) is 0 Å². The Morgan fingerprint density at radius 3 is 2.52 bits per heavy atom. The molecule has 0 heterocycles. The Balaban J connectivity index is 1.70. The summed E-state index contributed by atoms with van der Waals surface area (Å²) in [6.45, 7) is -1.46. The molecule has 0 spiro atoms. The van der Waals surface area contributed by atoms with E-state index in [1.807, 2.05) is 0 Å². The minimum Gasteiger partial charge on any atom is -0.452 e. The standard InChI is InChI=1S/C20H24F2N2O5/c1-13-4-2-3-5-16(13)23-20(27)24-17(25)12-28-18(26)11-8-14-6-9-15(10-7-14)29-19(21)22/h6-11,13,16,19H,2-5,12H2,1H3,(H2,23,24,25,27)/b11-8+/t13-,16-/m0/s1. The maximum Gasteiger partial charge on any atom is 0.387 e. The second-order valence-corrected chi connectivity index (χ2v) is 6.78. The number of ether oxygens (including phenoxy) is 2. The molecule has 1 aromatic rings. The van der Waals surface area contributed by atoms with Crippen molar-refractivity contribution in [3.8, 4) is 5.75 Å². The van der Waals surface area contributed by atoms with Crippen LogP contribution < -0.4 is 15.4 Å². The van der Waals surface area contributed by atoms with E-state index in [4.69, 9.17) is 4.74 Å². The number of carbonyl (C=O) groups is 3. The Morgan fingerprint density at radius 2 is 1.86 bits per heavy atom. The maximum absolute atomic E-state index is 12.1. The molecule has 3 amide bonds. The molecule has 1 fully saturated rings. The van der Waals surface area contributed by atoms with Gasteiger partial charge in [-0.2, -0.15) is 8.78 Å². The number of hydrogen-bond donors (Lipinski definition) is 2. The van der Waals surface area contributed by atoms with Crippen LogP contribution in [0, 0.1) is 5.92 Å². The van der Waals surface area contributed by atoms with E-state index in [2.05, 4.69) is 22.3 Å². The predicted octanol–water partition coefficient (Wildman–Crippen LogP) is 3.25. The van der Waals surface area contributed by atoms with Gasteiger partial charge in [0.1, 0.15) is 5.75 Å². The molecule has 2 atom stereocenters. The molecule has 9 heteroatoms. The summed E-state index contributed by atoms with van der Waals surface area (Å²) >= 11 is 0. The second-order valence-electron chi connectivity index (χ2n) is 6.78. The second kappa shape index (κ2) is 11.1. The number of alkyl halides is 2. The lowest BCUT2D eigenvalue weighted by Crippen LogP contribution is -2.48. The van der Waals surface area contributed by atoms with Crippen molar-refractivity contribution in [2.45, 2.75) is 45.3 Å². The van der Waals surface area contributed by atoms with Gasteiger partial charge in [0.15, 0.2) is 6.61 Å². The third-order valence-corrected chi connectivity index (χ3v) is 4.54. The normalized spacial score (nSPS) is 19.0. The van der Waals surface area contributed by atoms with Crippen LogP contribution in [0.3, 0.4) is 0 Å². The molecule has 0 unspecified atom stereocenters. The minimum absolute atomic E-state index is 0.00250. The first-order chi connectivity index (χ1) is 13.8. The van der Waals surface area contributed by atoms with Gasteiger partial charge in [-0.15, -0.1) is 0 Å². The minimum atomic E-state index is -2.91. The molecule has 158 valence electrons. The summed E-state index contributed by atoms with van der Waals surface area (Å²) < 4.78 is 33.2. The van der Waals surface area contributed by atoms with Gasteiger partial charge < -0.3 is 14.8 Å². The Bertz CT molecular complexity index is 737. The van der Waals surface area contributed by atoms with E-state index in [0.29, 0.717) is 11.5 Å². The van der Waals surface area contributed by atoms with Crippen LogP contribution in [0.4, 0.5) is 13.6 Å². The molecular weight excluding hydrogens is 386 g/mol. The quantitative estimate of drug-likeness (QED) is 0.532. The SMILES string of the molecule is C[C@H]1CCCC[C@@H]1NC(=O)NC(=O)COC(=O)/C=C/c1ccc(OC(F)F)cc1. The molecule has 1 aliphatic carbocycles. The van der Waals surface area contributed by atoms with Crippen LogP contribution in [0.15, 0.2) is 30.3 Å². The first kappa shape index (κ1) is 22.3. The number of benzene rings is 1. The molecule has 1 aromatic carbocycles. The number of urea groups is 1. The van der Waals surface area contributed by atoms with Crippen molar-refractivity contribution in [1.82, 2.24) is 10.6 Å². The zero-order valence-corrected chi connectivity index (χ0v) is 16.0. The van der Waals surface area contributed by atoms with Gasteiger partial charge in [0.25, 0.3) is 5.91 Å². The highest BCUT2D eigenvalue weighted by Gasteiger charge is 2.23. The summed E-state index contributed by atoms with van der Waals surface area (Å²) in [5, 5.41) is 4.90. The number of amides is 3. The zero-order valence-electron chi connectivity index (χ0n) is 16.0. The van der Waals surface area contributed by atoms with Crippen LogP contribution in [-0.4, -0.2) is 37.2 Å². The largest absolute Gasteiger partial charge is 0.452 e. The van der Waals surface area contributed by atoms with Gasteiger partial charge >= 0.3 is 18.6 Å². The molecule has 0 aliphatic heterocycles.